The van der Waals surface area contributed by atoms with Crippen LogP contribution in [0.15, 0.2) is 6.33 Å². The Labute approximate surface area is 115 Å². The fourth-order valence-corrected chi connectivity index (χ4v) is 2.08. The van der Waals surface area contributed by atoms with Gasteiger partial charge in [-0.3, -0.25) is 0 Å². The van der Waals surface area contributed by atoms with E-state index in [0.29, 0.717) is 5.82 Å². The maximum absolute atomic E-state index is 5.94. The van der Waals surface area contributed by atoms with Crippen molar-refractivity contribution >= 4 is 11.6 Å². The highest BCUT2D eigenvalue weighted by molar-refractivity contribution is 5.56. The Morgan fingerprint density at radius 1 is 1.42 bits per heavy atom. The molecule has 1 aromatic rings. The standard InChI is InChI=1S/C14H24N4O/c1-3-4-12-13(15)16-10-17-14(12)18(2)7-8-19-9-11-5-6-11/h10-11H,3-9H2,1-2H3,(H2,15,16,17). The molecule has 1 heterocycles. The van der Waals surface area contributed by atoms with E-state index in [4.69, 9.17) is 10.5 Å². The number of likely N-dealkylation sites (N-methyl/N-ethyl adjacent to an activating group) is 1. The second-order valence-corrected chi connectivity index (χ2v) is 5.25. The van der Waals surface area contributed by atoms with Crippen molar-refractivity contribution in [1.29, 1.82) is 0 Å². The number of ether oxygens (including phenoxy) is 1. The van der Waals surface area contributed by atoms with Gasteiger partial charge < -0.3 is 15.4 Å². The Morgan fingerprint density at radius 3 is 2.89 bits per heavy atom. The summed E-state index contributed by atoms with van der Waals surface area (Å²) in [5.41, 5.74) is 6.99. The van der Waals surface area contributed by atoms with Crippen LogP contribution in [-0.2, 0) is 11.2 Å². The SMILES string of the molecule is CCCc1c(N)ncnc1N(C)CCOCC1CC1. The van der Waals surface area contributed by atoms with Gasteiger partial charge in [0.15, 0.2) is 0 Å². The van der Waals surface area contributed by atoms with Gasteiger partial charge in [-0.25, -0.2) is 9.97 Å². The summed E-state index contributed by atoms with van der Waals surface area (Å²) in [4.78, 5) is 10.5. The first-order chi connectivity index (χ1) is 9.22. The molecule has 5 heteroatoms. The highest BCUT2D eigenvalue weighted by Crippen LogP contribution is 2.28. The van der Waals surface area contributed by atoms with Gasteiger partial charge in [0, 0.05) is 25.8 Å². The third-order valence-corrected chi connectivity index (χ3v) is 3.44. The number of anilines is 2. The molecule has 1 saturated carbocycles. The monoisotopic (exact) mass is 264 g/mol. The number of hydrogen-bond acceptors (Lipinski definition) is 5. The van der Waals surface area contributed by atoms with Crippen LogP contribution in [0.2, 0.25) is 0 Å². The van der Waals surface area contributed by atoms with Crippen molar-refractivity contribution in [2.24, 2.45) is 5.92 Å². The van der Waals surface area contributed by atoms with Crippen LogP contribution in [0.5, 0.6) is 0 Å². The minimum Gasteiger partial charge on any atom is -0.383 e. The van der Waals surface area contributed by atoms with Gasteiger partial charge in [0.25, 0.3) is 0 Å². The summed E-state index contributed by atoms with van der Waals surface area (Å²) in [6.45, 7) is 4.61. The topological polar surface area (TPSA) is 64.3 Å². The Hall–Kier alpha value is -1.36. The van der Waals surface area contributed by atoms with Gasteiger partial charge in [0.05, 0.1) is 6.61 Å². The molecule has 5 nitrogen and oxygen atoms in total. The summed E-state index contributed by atoms with van der Waals surface area (Å²) in [6.07, 6.45) is 6.15. The zero-order chi connectivity index (χ0) is 13.7. The van der Waals surface area contributed by atoms with E-state index in [2.05, 4.69) is 21.8 Å². The highest BCUT2D eigenvalue weighted by atomic mass is 16.5. The normalized spacial score (nSPS) is 14.6. The molecule has 1 aliphatic carbocycles. The maximum atomic E-state index is 5.94. The van der Waals surface area contributed by atoms with Crippen LogP contribution in [0.1, 0.15) is 31.7 Å². The van der Waals surface area contributed by atoms with E-state index in [9.17, 15) is 0 Å². The van der Waals surface area contributed by atoms with Crippen LogP contribution in [0.3, 0.4) is 0 Å². The smallest absolute Gasteiger partial charge is 0.137 e. The molecule has 0 unspecified atom stereocenters. The molecular formula is C14H24N4O. The summed E-state index contributed by atoms with van der Waals surface area (Å²) in [6, 6.07) is 0. The number of nitrogen functional groups attached to an aromatic ring is 1. The van der Waals surface area contributed by atoms with Crippen molar-refractivity contribution in [3.63, 3.8) is 0 Å². The quantitative estimate of drug-likeness (QED) is 0.726. The van der Waals surface area contributed by atoms with Gasteiger partial charge in [0.1, 0.15) is 18.0 Å². The average molecular weight is 264 g/mol. The van der Waals surface area contributed by atoms with Crippen molar-refractivity contribution < 1.29 is 4.74 Å². The first-order valence-electron chi connectivity index (χ1n) is 7.10. The van der Waals surface area contributed by atoms with Crippen LogP contribution in [0.4, 0.5) is 11.6 Å². The molecule has 0 bridgehead atoms. The summed E-state index contributed by atoms with van der Waals surface area (Å²) >= 11 is 0. The van der Waals surface area contributed by atoms with Crippen LogP contribution >= 0.6 is 0 Å². The first kappa shape index (κ1) is 14.1. The van der Waals surface area contributed by atoms with Crippen molar-refractivity contribution in [3.05, 3.63) is 11.9 Å². The highest BCUT2D eigenvalue weighted by Gasteiger charge is 2.21. The predicted octanol–water partition coefficient (Wildman–Crippen LogP) is 1.87. The lowest BCUT2D eigenvalue weighted by atomic mass is 10.1. The van der Waals surface area contributed by atoms with E-state index in [1.54, 1.807) is 0 Å². The molecular weight excluding hydrogens is 240 g/mol. The van der Waals surface area contributed by atoms with Crippen molar-refractivity contribution in [3.8, 4) is 0 Å². The Kier molecular flexibility index (Phi) is 4.96. The second kappa shape index (κ2) is 6.70. The van der Waals surface area contributed by atoms with E-state index < -0.39 is 0 Å². The first-order valence-corrected chi connectivity index (χ1v) is 7.10. The molecule has 2 rings (SSSR count). The van der Waals surface area contributed by atoms with Gasteiger partial charge in [-0.15, -0.1) is 0 Å². The molecule has 0 radical (unpaired) electrons. The molecule has 1 aliphatic rings. The molecule has 1 fully saturated rings. The van der Waals surface area contributed by atoms with Gasteiger partial charge in [-0.1, -0.05) is 13.3 Å². The van der Waals surface area contributed by atoms with E-state index in [0.717, 1.165) is 49.9 Å². The third-order valence-electron chi connectivity index (χ3n) is 3.44. The van der Waals surface area contributed by atoms with Crippen molar-refractivity contribution in [1.82, 2.24) is 9.97 Å². The minimum absolute atomic E-state index is 0.595. The van der Waals surface area contributed by atoms with E-state index in [-0.39, 0.29) is 0 Å². The Morgan fingerprint density at radius 2 is 2.21 bits per heavy atom. The number of nitrogens with two attached hydrogens (primary N) is 1. The van der Waals surface area contributed by atoms with E-state index in [1.807, 2.05) is 7.05 Å². The molecule has 106 valence electrons. The largest absolute Gasteiger partial charge is 0.383 e. The molecule has 0 aliphatic heterocycles. The third kappa shape index (κ3) is 4.06. The lowest BCUT2D eigenvalue weighted by molar-refractivity contribution is 0.130. The summed E-state index contributed by atoms with van der Waals surface area (Å²) in [5, 5.41) is 0. The zero-order valence-corrected chi connectivity index (χ0v) is 11.9. The fourth-order valence-electron chi connectivity index (χ4n) is 2.08. The molecule has 0 aromatic carbocycles. The van der Waals surface area contributed by atoms with Crippen LogP contribution < -0.4 is 10.6 Å². The number of aromatic nitrogens is 2. The average Bonchev–Trinajstić information content (AvgIpc) is 3.21. The van der Waals surface area contributed by atoms with Gasteiger partial charge in [-0.05, 0) is 25.2 Å². The van der Waals surface area contributed by atoms with E-state index in [1.165, 1.54) is 19.2 Å². The van der Waals surface area contributed by atoms with Crippen LogP contribution in [0.25, 0.3) is 0 Å². The Bertz CT molecular complexity index is 406. The molecule has 0 spiro atoms. The lowest BCUT2D eigenvalue weighted by Gasteiger charge is -2.21. The molecule has 0 atom stereocenters. The number of rotatable bonds is 8. The zero-order valence-electron chi connectivity index (χ0n) is 11.9. The fraction of sp³-hybridized carbons (Fsp3) is 0.714. The van der Waals surface area contributed by atoms with E-state index >= 15 is 0 Å². The minimum atomic E-state index is 0.595. The number of nitrogens with zero attached hydrogens (tertiary/aromatic N) is 3. The van der Waals surface area contributed by atoms with Crippen LogP contribution in [-0.4, -0.2) is 36.8 Å². The predicted molar refractivity (Wildman–Crippen MR) is 77.3 cm³/mol. The molecule has 19 heavy (non-hydrogen) atoms. The lowest BCUT2D eigenvalue weighted by Crippen LogP contribution is -2.25. The van der Waals surface area contributed by atoms with Gasteiger partial charge >= 0.3 is 0 Å². The molecule has 1 aromatic heterocycles. The number of hydrogen-bond donors (Lipinski definition) is 1. The maximum Gasteiger partial charge on any atom is 0.137 e. The van der Waals surface area contributed by atoms with Gasteiger partial charge in [0.2, 0.25) is 0 Å². The van der Waals surface area contributed by atoms with Crippen molar-refractivity contribution in [2.75, 3.05) is 37.4 Å². The van der Waals surface area contributed by atoms with Crippen LogP contribution in [0, 0.1) is 5.92 Å². The van der Waals surface area contributed by atoms with Crippen molar-refractivity contribution in [2.45, 2.75) is 32.6 Å². The van der Waals surface area contributed by atoms with Gasteiger partial charge in [-0.2, -0.15) is 0 Å². The summed E-state index contributed by atoms with van der Waals surface area (Å²) < 4.78 is 5.66. The molecule has 0 amide bonds. The summed E-state index contributed by atoms with van der Waals surface area (Å²) in [5.74, 6) is 2.35. The summed E-state index contributed by atoms with van der Waals surface area (Å²) in [7, 11) is 2.03. The Balaban J connectivity index is 1.88. The molecule has 0 saturated heterocycles. The molecule has 2 N–H and O–H groups in total. The second-order valence-electron chi connectivity index (χ2n) is 5.25.